The van der Waals surface area contributed by atoms with Crippen molar-refractivity contribution in [3.63, 3.8) is 0 Å². The van der Waals surface area contributed by atoms with E-state index >= 15 is 0 Å². The van der Waals surface area contributed by atoms with Crippen molar-refractivity contribution in [2.75, 3.05) is 13.1 Å². The van der Waals surface area contributed by atoms with E-state index in [-0.39, 0.29) is 0 Å². The number of hydrogen-bond donors (Lipinski definition) is 2. The number of rotatable bonds is 7. The number of guanidine groups is 1. The van der Waals surface area contributed by atoms with Gasteiger partial charge in [-0.25, -0.2) is 0 Å². The molecule has 1 saturated carbocycles. The Labute approximate surface area is 150 Å². The van der Waals surface area contributed by atoms with Crippen LogP contribution in [0.5, 0.6) is 0 Å². The molecule has 1 aliphatic carbocycles. The van der Waals surface area contributed by atoms with E-state index in [1.165, 1.54) is 17.7 Å². The first-order valence-corrected chi connectivity index (χ1v) is 9.28. The molecule has 0 bridgehead atoms. The minimum Gasteiger partial charge on any atom is -0.357 e. The van der Waals surface area contributed by atoms with E-state index in [1.54, 1.807) is 0 Å². The monoisotopic (exact) mass is 339 g/mol. The molecule has 0 spiro atoms. The summed E-state index contributed by atoms with van der Waals surface area (Å²) in [5, 5.41) is 11.4. The minimum atomic E-state index is 0.496. The molecule has 0 amide bonds. The summed E-state index contributed by atoms with van der Waals surface area (Å²) in [5.74, 6) is 1.54. The van der Waals surface area contributed by atoms with Crippen molar-refractivity contribution in [3.05, 3.63) is 53.3 Å². The van der Waals surface area contributed by atoms with Crippen molar-refractivity contribution in [3.8, 4) is 0 Å². The van der Waals surface area contributed by atoms with E-state index in [1.807, 2.05) is 6.92 Å². The Morgan fingerprint density at radius 1 is 1.28 bits per heavy atom. The topological polar surface area (TPSA) is 54.2 Å². The lowest BCUT2D eigenvalue weighted by Crippen LogP contribution is -2.39. The molecule has 1 aromatic heterocycles. The second kappa shape index (κ2) is 8.19. The van der Waals surface area contributed by atoms with Gasteiger partial charge >= 0.3 is 0 Å². The standard InChI is InChI=1S/C20H29N5/c1-4-21-20(22-11-8-12-25-16(3)13-15(2)24-25)23-19-14-18(19)17-9-6-5-7-10-17/h5-7,9-10,13,18-19H,4,8,11-12,14H2,1-3H3,(H2,21,22,23). The van der Waals surface area contributed by atoms with Crippen LogP contribution >= 0.6 is 0 Å². The second-order valence-corrected chi connectivity index (χ2v) is 6.77. The molecule has 5 nitrogen and oxygen atoms in total. The fourth-order valence-corrected chi connectivity index (χ4v) is 3.23. The van der Waals surface area contributed by atoms with E-state index in [9.17, 15) is 0 Å². The maximum atomic E-state index is 4.73. The average molecular weight is 339 g/mol. The molecule has 2 N–H and O–H groups in total. The zero-order valence-corrected chi connectivity index (χ0v) is 15.5. The van der Waals surface area contributed by atoms with Crippen LogP contribution < -0.4 is 10.6 Å². The van der Waals surface area contributed by atoms with Gasteiger partial charge in [0, 0.05) is 37.3 Å². The van der Waals surface area contributed by atoms with Gasteiger partial charge in [0.15, 0.2) is 5.96 Å². The highest BCUT2D eigenvalue weighted by Gasteiger charge is 2.38. The van der Waals surface area contributed by atoms with Crippen molar-refractivity contribution < 1.29 is 0 Å². The number of nitrogens with one attached hydrogen (secondary N) is 2. The molecule has 0 aliphatic heterocycles. The fourth-order valence-electron chi connectivity index (χ4n) is 3.23. The van der Waals surface area contributed by atoms with Gasteiger partial charge in [-0.2, -0.15) is 5.10 Å². The zero-order valence-electron chi connectivity index (χ0n) is 15.5. The Morgan fingerprint density at radius 3 is 2.76 bits per heavy atom. The summed E-state index contributed by atoms with van der Waals surface area (Å²) in [6.45, 7) is 8.84. The number of nitrogens with zero attached hydrogens (tertiary/aromatic N) is 3. The molecule has 3 rings (SSSR count). The van der Waals surface area contributed by atoms with Gasteiger partial charge in [-0.15, -0.1) is 0 Å². The predicted octanol–water partition coefficient (Wildman–Crippen LogP) is 3.00. The third-order valence-corrected chi connectivity index (χ3v) is 4.59. The van der Waals surface area contributed by atoms with E-state index in [0.717, 1.165) is 37.7 Å². The molecule has 2 atom stereocenters. The van der Waals surface area contributed by atoms with Crippen LogP contribution in [0.3, 0.4) is 0 Å². The smallest absolute Gasteiger partial charge is 0.191 e. The normalized spacial score (nSPS) is 19.7. The molecule has 1 aliphatic rings. The molecular formula is C20H29N5. The molecule has 1 aromatic carbocycles. The zero-order chi connectivity index (χ0) is 17.6. The molecule has 2 aromatic rings. The lowest BCUT2D eigenvalue weighted by molar-refractivity contribution is 0.567. The van der Waals surface area contributed by atoms with Crippen molar-refractivity contribution in [2.24, 2.45) is 4.99 Å². The number of aromatic nitrogens is 2. The molecule has 5 heteroatoms. The SMILES string of the molecule is CCNC(=NCCCn1nc(C)cc1C)NC1CC1c1ccccc1. The summed E-state index contributed by atoms with van der Waals surface area (Å²) in [6.07, 6.45) is 2.17. The second-order valence-electron chi connectivity index (χ2n) is 6.77. The van der Waals surface area contributed by atoms with Gasteiger partial charge in [0.1, 0.15) is 0 Å². The third kappa shape index (κ3) is 4.84. The van der Waals surface area contributed by atoms with Gasteiger partial charge in [-0.1, -0.05) is 30.3 Å². The van der Waals surface area contributed by atoms with Gasteiger partial charge in [0.25, 0.3) is 0 Å². The summed E-state index contributed by atoms with van der Waals surface area (Å²) in [4.78, 5) is 4.73. The number of aryl methyl sites for hydroxylation is 3. The van der Waals surface area contributed by atoms with E-state index < -0.39 is 0 Å². The van der Waals surface area contributed by atoms with Crippen molar-refractivity contribution in [2.45, 2.75) is 52.1 Å². The van der Waals surface area contributed by atoms with Crippen LogP contribution in [0.15, 0.2) is 41.4 Å². The molecular weight excluding hydrogens is 310 g/mol. The maximum absolute atomic E-state index is 4.73. The highest BCUT2D eigenvalue weighted by Crippen LogP contribution is 2.40. The van der Waals surface area contributed by atoms with Crippen molar-refractivity contribution >= 4 is 5.96 Å². The molecule has 2 unspecified atom stereocenters. The lowest BCUT2D eigenvalue weighted by atomic mass is 10.1. The number of benzene rings is 1. The summed E-state index contributed by atoms with van der Waals surface area (Å²) in [6, 6.07) is 13.3. The summed E-state index contributed by atoms with van der Waals surface area (Å²) in [5.41, 5.74) is 3.72. The van der Waals surface area contributed by atoms with Crippen LogP contribution in [0.2, 0.25) is 0 Å². The van der Waals surface area contributed by atoms with Crippen molar-refractivity contribution in [1.82, 2.24) is 20.4 Å². The third-order valence-electron chi connectivity index (χ3n) is 4.59. The molecule has 1 fully saturated rings. The number of aliphatic imine (C=N–C) groups is 1. The van der Waals surface area contributed by atoms with Gasteiger partial charge in [0.05, 0.1) is 5.69 Å². The Kier molecular flexibility index (Phi) is 5.74. The van der Waals surface area contributed by atoms with Gasteiger partial charge in [-0.3, -0.25) is 9.67 Å². The van der Waals surface area contributed by atoms with E-state index in [2.05, 4.69) is 70.7 Å². The van der Waals surface area contributed by atoms with Crippen LogP contribution in [0.4, 0.5) is 0 Å². The first-order valence-electron chi connectivity index (χ1n) is 9.28. The highest BCUT2D eigenvalue weighted by atomic mass is 15.3. The fraction of sp³-hybridized carbons (Fsp3) is 0.500. The van der Waals surface area contributed by atoms with Gasteiger partial charge in [-0.05, 0) is 45.2 Å². The minimum absolute atomic E-state index is 0.496. The first-order chi connectivity index (χ1) is 12.2. The van der Waals surface area contributed by atoms with Crippen LogP contribution in [0.1, 0.15) is 42.6 Å². The molecule has 0 radical (unpaired) electrons. The van der Waals surface area contributed by atoms with E-state index in [4.69, 9.17) is 4.99 Å². The summed E-state index contributed by atoms with van der Waals surface area (Å²) in [7, 11) is 0. The highest BCUT2D eigenvalue weighted by molar-refractivity contribution is 5.80. The van der Waals surface area contributed by atoms with Gasteiger partial charge < -0.3 is 10.6 Å². The van der Waals surface area contributed by atoms with Crippen LogP contribution in [-0.2, 0) is 6.54 Å². The Hall–Kier alpha value is -2.30. The summed E-state index contributed by atoms with van der Waals surface area (Å²) < 4.78 is 2.07. The van der Waals surface area contributed by atoms with Crippen LogP contribution in [0.25, 0.3) is 0 Å². The Morgan fingerprint density at radius 2 is 2.08 bits per heavy atom. The summed E-state index contributed by atoms with van der Waals surface area (Å²) >= 11 is 0. The predicted molar refractivity (Wildman–Crippen MR) is 103 cm³/mol. The number of hydrogen-bond acceptors (Lipinski definition) is 2. The lowest BCUT2D eigenvalue weighted by Gasteiger charge is -2.11. The Bertz CT molecular complexity index is 704. The average Bonchev–Trinajstić information content (AvgIpc) is 3.29. The molecule has 0 saturated heterocycles. The van der Waals surface area contributed by atoms with E-state index in [0.29, 0.717) is 12.0 Å². The van der Waals surface area contributed by atoms with Crippen LogP contribution in [-0.4, -0.2) is 34.9 Å². The quantitative estimate of drug-likeness (QED) is 0.463. The largest absolute Gasteiger partial charge is 0.357 e. The van der Waals surface area contributed by atoms with Gasteiger partial charge in [0.2, 0.25) is 0 Å². The molecule has 1 heterocycles. The Balaban J connectivity index is 1.48. The van der Waals surface area contributed by atoms with Crippen LogP contribution in [0, 0.1) is 13.8 Å². The van der Waals surface area contributed by atoms with Crippen molar-refractivity contribution in [1.29, 1.82) is 0 Å². The first kappa shape index (κ1) is 17.5. The molecule has 25 heavy (non-hydrogen) atoms. The molecule has 134 valence electrons. The maximum Gasteiger partial charge on any atom is 0.191 e.